The summed E-state index contributed by atoms with van der Waals surface area (Å²) >= 11 is 0. The molecule has 4 aliphatic rings. The molecule has 0 aromatic heterocycles. The second-order valence-electron chi connectivity index (χ2n) is 7.00. The van der Waals surface area contributed by atoms with Gasteiger partial charge >= 0.3 is 0 Å². The Labute approximate surface area is 121 Å². The normalized spacial score (nSPS) is 41.9. The van der Waals surface area contributed by atoms with Crippen molar-refractivity contribution in [2.24, 2.45) is 23.7 Å². The maximum atomic E-state index is 6.26. The smallest absolute Gasteiger partial charge is 0.124 e. The maximum Gasteiger partial charge on any atom is 0.124 e. The Morgan fingerprint density at radius 2 is 1.50 bits per heavy atom. The van der Waals surface area contributed by atoms with Crippen LogP contribution in [0.2, 0.25) is 0 Å². The summed E-state index contributed by atoms with van der Waals surface area (Å²) < 4.78 is 11.9. The van der Waals surface area contributed by atoms with Gasteiger partial charge in [-0.3, -0.25) is 0 Å². The van der Waals surface area contributed by atoms with Crippen molar-refractivity contribution in [1.29, 1.82) is 0 Å². The Balaban J connectivity index is 1.84. The first-order valence-electron chi connectivity index (χ1n) is 7.96. The van der Waals surface area contributed by atoms with Gasteiger partial charge < -0.3 is 9.47 Å². The zero-order valence-electron chi connectivity index (χ0n) is 12.5. The van der Waals surface area contributed by atoms with Crippen LogP contribution in [-0.2, 0) is 10.3 Å². The van der Waals surface area contributed by atoms with Crippen molar-refractivity contribution in [2.45, 2.75) is 37.7 Å². The van der Waals surface area contributed by atoms with Gasteiger partial charge in [-0.15, -0.1) is 0 Å². The lowest BCUT2D eigenvalue weighted by molar-refractivity contribution is -0.198. The molecule has 4 fully saturated rings. The Morgan fingerprint density at radius 1 is 0.900 bits per heavy atom. The number of methoxy groups -OCH3 is 2. The summed E-state index contributed by atoms with van der Waals surface area (Å²) in [7, 11) is 3.69. The highest BCUT2D eigenvalue weighted by atomic mass is 16.5. The van der Waals surface area contributed by atoms with E-state index in [1.165, 1.54) is 37.7 Å². The minimum Gasteiger partial charge on any atom is -0.496 e. The fourth-order valence-corrected chi connectivity index (χ4v) is 5.73. The van der Waals surface area contributed by atoms with Crippen LogP contribution in [0, 0.1) is 23.7 Å². The Bertz CT molecular complexity index is 480. The molecule has 0 radical (unpaired) electrons. The topological polar surface area (TPSA) is 18.5 Å². The molecule has 0 N–H and O–H groups in total. The molecule has 0 aliphatic heterocycles. The molecular formula is C18H24O2. The van der Waals surface area contributed by atoms with E-state index in [4.69, 9.17) is 9.47 Å². The van der Waals surface area contributed by atoms with Crippen molar-refractivity contribution in [2.75, 3.05) is 14.2 Å². The second-order valence-corrected chi connectivity index (χ2v) is 7.00. The van der Waals surface area contributed by atoms with Gasteiger partial charge in [-0.2, -0.15) is 0 Å². The first-order chi connectivity index (χ1) is 9.77. The number of hydrogen-bond donors (Lipinski definition) is 0. The second kappa shape index (κ2) is 4.49. The molecule has 0 spiro atoms. The first-order valence-corrected chi connectivity index (χ1v) is 7.96. The third kappa shape index (κ3) is 1.54. The molecule has 1 aromatic carbocycles. The van der Waals surface area contributed by atoms with Gasteiger partial charge in [0.25, 0.3) is 0 Å². The van der Waals surface area contributed by atoms with Crippen molar-refractivity contribution in [3.8, 4) is 5.75 Å². The third-order valence-corrected chi connectivity index (χ3v) is 6.22. The van der Waals surface area contributed by atoms with E-state index in [2.05, 4.69) is 24.3 Å². The van der Waals surface area contributed by atoms with Crippen LogP contribution in [0.15, 0.2) is 24.3 Å². The van der Waals surface area contributed by atoms with Gasteiger partial charge in [0.2, 0.25) is 0 Å². The van der Waals surface area contributed by atoms with Crippen LogP contribution in [0.25, 0.3) is 0 Å². The molecule has 2 nitrogen and oxygen atoms in total. The van der Waals surface area contributed by atoms with Crippen molar-refractivity contribution in [3.05, 3.63) is 29.8 Å². The van der Waals surface area contributed by atoms with Crippen molar-refractivity contribution < 1.29 is 9.47 Å². The molecule has 20 heavy (non-hydrogen) atoms. The fourth-order valence-electron chi connectivity index (χ4n) is 5.73. The highest BCUT2D eigenvalue weighted by Crippen LogP contribution is 2.64. The van der Waals surface area contributed by atoms with Crippen LogP contribution < -0.4 is 4.74 Å². The molecule has 5 rings (SSSR count). The van der Waals surface area contributed by atoms with Crippen molar-refractivity contribution in [1.82, 2.24) is 0 Å². The van der Waals surface area contributed by atoms with Crippen molar-refractivity contribution >= 4 is 0 Å². The van der Waals surface area contributed by atoms with Crippen LogP contribution in [-0.4, -0.2) is 14.2 Å². The van der Waals surface area contributed by atoms with E-state index in [1.807, 2.05) is 7.11 Å². The third-order valence-electron chi connectivity index (χ3n) is 6.22. The molecule has 0 saturated heterocycles. The minimum atomic E-state index is -0.0972. The molecule has 4 bridgehead atoms. The van der Waals surface area contributed by atoms with Gasteiger partial charge in [-0.1, -0.05) is 18.2 Å². The van der Waals surface area contributed by atoms with Gasteiger partial charge in [0, 0.05) is 12.7 Å². The van der Waals surface area contributed by atoms with Gasteiger partial charge in [0.1, 0.15) is 11.4 Å². The lowest BCUT2D eigenvalue weighted by Gasteiger charge is -2.60. The molecule has 2 heteroatoms. The van der Waals surface area contributed by atoms with E-state index in [-0.39, 0.29) is 5.60 Å². The molecule has 108 valence electrons. The Hall–Kier alpha value is -1.02. The van der Waals surface area contributed by atoms with E-state index in [9.17, 15) is 0 Å². The Morgan fingerprint density at radius 3 is 2.05 bits per heavy atom. The number of ether oxygens (including phenoxy) is 2. The van der Waals surface area contributed by atoms with Crippen LogP contribution in [0.5, 0.6) is 5.75 Å². The fraction of sp³-hybridized carbons (Fsp3) is 0.667. The van der Waals surface area contributed by atoms with Crippen LogP contribution >= 0.6 is 0 Å². The van der Waals surface area contributed by atoms with E-state index < -0.39 is 0 Å². The number of hydrogen-bond acceptors (Lipinski definition) is 2. The van der Waals surface area contributed by atoms with E-state index >= 15 is 0 Å². The summed E-state index contributed by atoms with van der Waals surface area (Å²) in [5.74, 6) is 4.27. The quantitative estimate of drug-likeness (QED) is 0.828. The van der Waals surface area contributed by atoms with Gasteiger partial charge in [-0.25, -0.2) is 0 Å². The summed E-state index contributed by atoms with van der Waals surface area (Å²) in [6, 6.07) is 8.50. The lowest BCUT2D eigenvalue weighted by Crippen LogP contribution is -2.56. The highest BCUT2D eigenvalue weighted by Gasteiger charge is 2.59. The Kier molecular flexibility index (Phi) is 2.85. The molecule has 0 atom stereocenters. The maximum absolute atomic E-state index is 6.26. The molecular weight excluding hydrogens is 248 g/mol. The molecule has 0 unspecified atom stereocenters. The number of benzene rings is 1. The van der Waals surface area contributed by atoms with Crippen LogP contribution in [0.3, 0.4) is 0 Å². The largest absolute Gasteiger partial charge is 0.496 e. The summed E-state index contributed by atoms with van der Waals surface area (Å²) in [6.07, 6.45) is 6.86. The first kappa shape index (κ1) is 12.7. The average Bonchev–Trinajstić information content (AvgIpc) is 2.47. The van der Waals surface area contributed by atoms with Crippen molar-refractivity contribution in [3.63, 3.8) is 0 Å². The minimum absolute atomic E-state index is 0.0972. The monoisotopic (exact) mass is 272 g/mol. The summed E-state index contributed by atoms with van der Waals surface area (Å²) in [5, 5.41) is 0. The summed E-state index contributed by atoms with van der Waals surface area (Å²) in [5.41, 5.74) is 1.19. The molecule has 0 heterocycles. The summed E-state index contributed by atoms with van der Waals surface area (Å²) in [6.45, 7) is 0. The van der Waals surface area contributed by atoms with Gasteiger partial charge in [-0.05, 0) is 61.8 Å². The van der Waals surface area contributed by atoms with Crippen LogP contribution in [0.1, 0.15) is 37.7 Å². The standard InChI is InChI=1S/C18H24O2/c1-19-17-6-4-3-5-16(17)18(20-2)14-8-12-7-13(10-14)11-15(18)9-12/h3-6,12-15H,7-11H2,1-2H3. The predicted octanol–water partition coefficient (Wildman–Crippen LogP) is 3.99. The van der Waals surface area contributed by atoms with E-state index in [0.717, 1.165) is 17.6 Å². The van der Waals surface area contributed by atoms with E-state index in [0.29, 0.717) is 11.8 Å². The van der Waals surface area contributed by atoms with Crippen LogP contribution in [0.4, 0.5) is 0 Å². The molecule has 4 saturated carbocycles. The molecule has 0 amide bonds. The molecule has 4 aliphatic carbocycles. The predicted molar refractivity (Wildman–Crippen MR) is 78.7 cm³/mol. The molecule has 1 aromatic rings. The SMILES string of the molecule is COc1ccccc1C1(OC)C2CC3CC(C2)CC1C3. The van der Waals surface area contributed by atoms with Gasteiger partial charge in [0.05, 0.1) is 7.11 Å². The summed E-state index contributed by atoms with van der Waals surface area (Å²) in [4.78, 5) is 0. The zero-order valence-corrected chi connectivity index (χ0v) is 12.5. The zero-order chi connectivity index (χ0) is 13.7. The highest BCUT2D eigenvalue weighted by molar-refractivity contribution is 5.40. The number of rotatable bonds is 3. The lowest BCUT2D eigenvalue weighted by atomic mass is 9.48. The number of para-hydroxylation sites is 1. The van der Waals surface area contributed by atoms with Gasteiger partial charge in [0.15, 0.2) is 0 Å². The van der Waals surface area contributed by atoms with E-state index in [1.54, 1.807) is 7.11 Å². The average molecular weight is 272 g/mol.